The average Bonchev–Trinajstić information content (AvgIpc) is 3.45. The molecule has 0 saturated heterocycles. The number of halogens is 2. The minimum Gasteiger partial charge on any atom is -0.435 e. The Morgan fingerprint density at radius 1 is 1.07 bits per heavy atom. The molecule has 0 heterocycles. The highest BCUT2D eigenvalue weighted by molar-refractivity contribution is 5.98. The van der Waals surface area contributed by atoms with Crippen LogP contribution < -0.4 is 20.7 Å². The number of hydrogen-bond donors (Lipinski definition) is 3. The molecule has 0 aliphatic heterocycles. The number of anilines is 2. The van der Waals surface area contributed by atoms with E-state index >= 15 is 0 Å². The lowest BCUT2D eigenvalue weighted by molar-refractivity contribution is -0.114. The van der Waals surface area contributed by atoms with Crippen LogP contribution >= 0.6 is 0 Å². The van der Waals surface area contributed by atoms with Gasteiger partial charge in [0.1, 0.15) is 5.75 Å². The zero-order valence-corrected chi connectivity index (χ0v) is 14.4. The van der Waals surface area contributed by atoms with Gasteiger partial charge in [-0.2, -0.15) is 8.78 Å². The topological polar surface area (TPSA) is 79.5 Å². The molecule has 0 unspecified atom stereocenters. The summed E-state index contributed by atoms with van der Waals surface area (Å²) in [5.41, 5.74) is 1.59. The molecule has 2 aromatic carbocycles. The third-order valence-electron chi connectivity index (χ3n) is 3.85. The lowest BCUT2D eigenvalue weighted by atomic mass is 10.2. The number of alkyl halides is 2. The second-order valence-electron chi connectivity index (χ2n) is 6.13. The van der Waals surface area contributed by atoms with E-state index in [1.165, 1.54) is 24.3 Å². The van der Waals surface area contributed by atoms with Crippen molar-refractivity contribution in [2.24, 2.45) is 0 Å². The summed E-state index contributed by atoms with van der Waals surface area (Å²) in [4.78, 5) is 24.1. The van der Waals surface area contributed by atoms with Crippen LogP contribution in [0.25, 0.3) is 0 Å². The summed E-state index contributed by atoms with van der Waals surface area (Å²) in [5.74, 6) is -0.415. The number of rotatable bonds is 8. The van der Waals surface area contributed by atoms with Gasteiger partial charge in [0.05, 0.1) is 6.54 Å². The number of carbonyl (C=O) groups excluding carboxylic acids is 2. The first-order chi connectivity index (χ1) is 13.0. The zero-order chi connectivity index (χ0) is 19.2. The minimum atomic E-state index is -2.88. The fraction of sp³-hybridized carbons (Fsp3) is 0.263. The van der Waals surface area contributed by atoms with Crippen LogP contribution in [0.3, 0.4) is 0 Å². The van der Waals surface area contributed by atoms with Crippen LogP contribution in [0.1, 0.15) is 23.2 Å². The van der Waals surface area contributed by atoms with Crippen molar-refractivity contribution >= 4 is 23.2 Å². The zero-order valence-electron chi connectivity index (χ0n) is 14.4. The van der Waals surface area contributed by atoms with Gasteiger partial charge in [0.25, 0.3) is 5.91 Å². The molecule has 0 aromatic heterocycles. The van der Waals surface area contributed by atoms with Gasteiger partial charge >= 0.3 is 6.61 Å². The predicted molar refractivity (Wildman–Crippen MR) is 97.1 cm³/mol. The van der Waals surface area contributed by atoms with Gasteiger partial charge in [-0.1, -0.05) is 6.07 Å². The van der Waals surface area contributed by atoms with Gasteiger partial charge in [0.15, 0.2) is 0 Å². The van der Waals surface area contributed by atoms with E-state index in [0.29, 0.717) is 16.9 Å². The molecule has 142 valence electrons. The third kappa shape index (κ3) is 5.95. The summed E-state index contributed by atoms with van der Waals surface area (Å²) in [6.07, 6.45) is 2.01. The van der Waals surface area contributed by atoms with E-state index in [2.05, 4.69) is 20.7 Å². The van der Waals surface area contributed by atoms with E-state index in [1.54, 1.807) is 24.3 Å². The number of benzene rings is 2. The Labute approximate surface area is 154 Å². The summed E-state index contributed by atoms with van der Waals surface area (Å²) >= 11 is 0. The number of amides is 2. The van der Waals surface area contributed by atoms with Gasteiger partial charge in [0.2, 0.25) is 5.91 Å². The lowest BCUT2D eigenvalue weighted by Crippen LogP contribution is -2.26. The standard InChI is InChI=1S/C19H19F2N3O3/c20-19(21)27-16-8-6-13(7-9-16)22-11-17(25)23-15-3-1-2-12(10-15)18(26)24-14-4-5-14/h1-3,6-10,14,19,22H,4-5,11H2,(H,23,25)(H,24,26). The number of ether oxygens (including phenoxy) is 1. The third-order valence-corrected chi connectivity index (χ3v) is 3.85. The molecule has 2 amide bonds. The normalized spacial score (nSPS) is 13.1. The number of hydrogen-bond acceptors (Lipinski definition) is 4. The molecular weight excluding hydrogens is 356 g/mol. The molecule has 3 N–H and O–H groups in total. The Hall–Kier alpha value is -3.16. The fourth-order valence-corrected chi connectivity index (χ4v) is 2.38. The molecule has 27 heavy (non-hydrogen) atoms. The smallest absolute Gasteiger partial charge is 0.387 e. The first kappa shape index (κ1) is 18.6. The van der Waals surface area contributed by atoms with E-state index in [1.807, 2.05) is 0 Å². The van der Waals surface area contributed by atoms with Crippen molar-refractivity contribution in [2.45, 2.75) is 25.5 Å². The molecule has 0 bridgehead atoms. The molecule has 3 rings (SSSR count). The molecule has 8 heteroatoms. The monoisotopic (exact) mass is 375 g/mol. The summed E-state index contributed by atoms with van der Waals surface area (Å²) in [5, 5.41) is 8.48. The summed E-state index contributed by atoms with van der Waals surface area (Å²) in [6, 6.07) is 12.8. The van der Waals surface area contributed by atoms with Gasteiger partial charge in [0, 0.05) is 23.0 Å². The van der Waals surface area contributed by atoms with Gasteiger partial charge in [-0.3, -0.25) is 9.59 Å². The fourth-order valence-electron chi connectivity index (χ4n) is 2.38. The molecule has 0 atom stereocenters. The largest absolute Gasteiger partial charge is 0.435 e. The Kier molecular flexibility index (Phi) is 5.85. The van der Waals surface area contributed by atoms with Crippen molar-refractivity contribution in [3.8, 4) is 5.75 Å². The molecular formula is C19H19F2N3O3. The van der Waals surface area contributed by atoms with Crippen LogP contribution in [0.4, 0.5) is 20.2 Å². The first-order valence-corrected chi connectivity index (χ1v) is 8.49. The van der Waals surface area contributed by atoms with E-state index < -0.39 is 6.61 Å². The van der Waals surface area contributed by atoms with Crippen molar-refractivity contribution in [1.29, 1.82) is 0 Å². The second-order valence-corrected chi connectivity index (χ2v) is 6.13. The molecule has 1 aliphatic carbocycles. The van der Waals surface area contributed by atoms with Crippen LogP contribution in [0.5, 0.6) is 5.75 Å². The Balaban J connectivity index is 1.49. The lowest BCUT2D eigenvalue weighted by Gasteiger charge is -2.10. The van der Waals surface area contributed by atoms with Crippen LogP contribution in [0.2, 0.25) is 0 Å². The highest BCUT2D eigenvalue weighted by atomic mass is 19.3. The molecule has 6 nitrogen and oxygen atoms in total. The molecule has 1 saturated carbocycles. The maximum Gasteiger partial charge on any atom is 0.387 e. The Morgan fingerprint density at radius 3 is 2.48 bits per heavy atom. The van der Waals surface area contributed by atoms with Crippen LogP contribution in [0.15, 0.2) is 48.5 Å². The maximum absolute atomic E-state index is 12.1. The van der Waals surface area contributed by atoms with Gasteiger partial charge in [-0.25, -0.2) is 0 Å². The predicted octanol–water partition coefficient (Wildman–Crippen LogP) is 3.23. The van der Waals surface area contributed by atoms with Gasteiger partial charge in [-0.15, -0.1) is 0 Å². The SMILES string of the molecule is O=C(CNc1ccc(OC(F)F)cc1)Nc1cccc(C(=O)NC2CC2)c1. The van der Waals surface area contributed by atoms with Crippen molar-refractivity contribution < 1.29 is 23.1 Å². The molecule has 1 aliphatic rings. The Bertz CT molecular complexity index is 808. The van der Waals surface area contributed by atoms with Crippen molar-refractivity contribution in [2.75, 3.05) is 17.2 Å². The Morgan fingerprint density at radius 2 is 1.81 bits per heavy atom. The van der Waals surface area contributed by atoms with E-state index in [-0.39, 0.29) is 30.2 Å². The molecule has 0 radical (unpaired) electrons. The highest BCUT2D eigenvalue weighted by Crippen LogP contribution is 2.20. The first-order valence-electron chi connectivity index (χ1n) is 8.49. The van der Waals surface area contributed by atoms with Gasteiger partial charge < -0.3 is 20.7 Å². The second kappa shape index (κ2) is 8.48. The van der Waals surface area contributed by atoms with Crippen molar-refractivity contribution in [3.05, 3.63) is 54.1 Å². The number of nitrogens with one attached hydrogen (secondary N) is 3. The van der Waals surface area contributed by atoms with Gasteiger partial charge in [-0.05, 0) is 55.3 Å². The molecule has 0 spiro atoms. The van der Waals surface area contributed by atoms with E-state index in [9.17, 15) is 18.4 Å². The van der Waals surface area contributed by atoms with Crippen LogP contribution in [-0.4, -0.2) is 31.0 Å². The maximum atomic E-state index is 12.1. The summed E-state index contributed by atoms with van der Waals surface area (Å²) in [6.45, 7) is -2.90. The van der Waals surface area contributed by atoms with Crippen LogP contribution in [-0.2, 0) is 4.79 Å². The van der Waals surface area contributed by atoms with Crippen LogP contribution in [0, 0.1) is 0 Å². The minimum absolute atomic E-state index is 0.0203. The van der Waals surface area contributed by atoms with E-state index in [0.717, 1.165) is 12.8 Å². The quantitative estimate of drug-likeness (QED) is 0.662. The average molecular weight is 375 g/mol. The highest BCUT2D eigenvalue weighted by Gasteiger charge is 2.23. The molecule has 2 aromatic rings. The summed E-state index contributed by atoms with van der Waals surface area (Å²) in [7, 11) is 0. The molecule has 1 fully saturated rings. The van der Waals surface area contributed by atoms with Crippen molar-refractivity contribution in [3.63, 3.8) is 0 Å². The van der Waals surface area contributed by atoms with Crippen molar-refractivity contribution in [1.82, 2.24) is 5.32 Å². The summed E-state index contributed by atoms with van der Waals surface area (Å²) < 4.78 is 28.5. The number of carbonyl (C=O) groups is 2. The van der Waals surface area contributed by atoms with E-state index in [4.69, 9.17) is 0 Å².